The quantitative estimate of drug-likeness (QED) is 0.656. The number of fused-ring (bicyclic) bond motifs is 2. The van der Waals surface area contributed by atoms with E-state index in [-0.39, 0.29) is 12.7 Å². The predicted octanol–water partition coefficient (Wildman–Crippen LogP) is 2.46. The van der Waals surface area contributed by atoms with Crippen molar-refractivity contribution in [3.8, 4) is 11.5 Å². The summed E-state index contributed by atoms with van der Waals surface area (Å²) < 4.78 is 11.9. The zero-order chi connectivity index (χ0) is 20.3. The minimum absolute atomic E-state index is 0.0484. The van der Waals surface area contributed by atoms with Crippen LogP contribution < -0.4 is 14.8 Å². The molecule has 2 aliphatic rings. The summed E-state index contributed by atoms with van der Waals surface area (Å²) in [5.41, 5.74) is 2.09. The van der Waals surface area contributed by atoms with Crippen molar-refractivity contribution < 1.29 is 14.3 Å². The van der Waals surface area contributed by atoms with E-state index in [1.165, 1.54) is 4.70 Å². The van der Waals surface area contributed by atoms with Crippen molar-refractivity contribution in [3.63, 3.8) is 0 Å². The number of piperazine rings is 1. The second-order valence-electron chi connectivity index (χ2n) is 7.59. The van der Waals surface area contributed by atoms with Crippen molar-refractivity contribution in [1.29, 1.82) is 0 Å². The molecule has 3 heterocycles. The van der Waals surface area contributed by atoms with Gasteiger partial charge >= 0.3 is 0 Å². The number of hydrogen-bond donors (Lipinski definition) is 1. The van der Waals surface area contributed by atoms with E-state index in [1.807, 2.05) is 24.3 Å². The molecule has 0 atom stereocenters. The lowest BCUT2D eigenvalue weighted by Gasteiger charge is -2.33. The number of carbonyl (C=O) groups is 1. The first kappa shape index (κ1) is 19.3. The van der Waals surface area contributed by atoms with Gasteiger partial charge in [0.2, 0.25) is 12.7 Å². The summed E-state index contributed by atoms with van der Waals surface area (Å²) in [7, 11) is 0. The highest BCUT2D eigenvalue weighted by Gasteiger charge is 2.20. The van der Waals surface area contributed by atoms with Crippen LogP contribution in [0.25, 0.3) is 10.2 Å². The van der Waals surface area contributed by atoms with E-state index in [2.05, 4.69) is 33.3 Å². The number of hydrogen-bond acceptors (Lipinski definition) is 7. The van der Waals surface area contributed by atoms with E-state index in [0.717, 1.165) is 60.3 Å². The third-order valence-corrected chi connectivity index (χ3v) is 6.48. The Morgan fingerprint density at radius 1 is 1.03 bits per heavy atom. The van der Waals surface area contributed by atoms with Crippen molar-refractivity contribution in [2.24, 2.45) is 0 Å². The van der Waals surface area contributed by atoms with E-state index in [1.54, 1.807) is 11.3 Å². The van der Waals surface area contributed by atoms with Crippen LogP contribution >= 0.6 is 11.3 Å². The van der Waals surface area contributed by atoms with Crippen LogP contribution in [0.5, 0.6) is 11.5 Å². The number of nitrogens with one attached hydrogen (secondary N) is 1. The Hall–Kier alpha value is -2.68. The Labute approximate surface area is 179 Å². The minimum Gasteiger partial charge on any atom is -0.454 e. The number of benzene rings is 2. The smallest absolute Gasteiger partial charge is 0.234 e. The van der Waals surface area contributed by atoms with Gasteiger partial charge in [-0.2, -0.15) is 0 Å². The van der Waals surface area contributed by atoms with Crippen LogP contribution in [0.3, 0.4) is 0 Å². The molecule has 1 amide bonds. The second kappa shape index (κ2) is 8.59. The Morgan fingerprint density at radius 2 is 1.83 bits per heavy atom. The van der Waals surface area contributed by atoms with Crippen LogP contribution in [-0.2, 0) is 17.9 Å². The topological polar surface area (TPSA) is 66.9 Å². The lowest BCUT2D eigenvalue weighted by Crippen LogP contribution is -2.49. The van der Waals surface area contributed by atoms with E-state index in [9.17, 15) is 4.79 Å². The van der Waals surface area contributed by atoms with Gasteiger partial charge in [0.25, 0.3) is 0 Å². The van der Waals surface area contributed by atoms with Crippen LogP contribution in [-0.4, -0.2) is 60.2 Å². The average Bonchev–Trinajstić information content (AvgIpc) is 3.39. The normalized spacial score (nSPS) is 16.8. The van der Waals surface area contributed by atoms with Gasteiger partial charge < -0.3 is 14.8 Å². The van der Waals surface area contributed by atoms with Crippen LogP contribution in [0.4, 0.5) is 0 Å². The minimum atomic E-state index is 0.0484. The molecule has 1 saturated heterocycles. The highest BCUT2D eigenvalue weighted by Crippen LogP contribution is 2.32. The number of amides is 1. The molecule has 1 fully saturated rings. The summed E-state index contributed by atoms with van der Waals surface area (Å²) in [6, 6.07) is 14.0. The maximum atomic E-state index is 12.4. The molecule has 1 aromatic heterocycles. The third kappa shape index (κ3) is 4.40. The van der Waals surface area contributed by atoms with E-state index in [0.29, 0.717) is 13.1 Å². The number of carbonyl (C=O) groups excluding carboxylic acids is 1. The second-order valence-corrected chi connectivity index (χ2v) is 8.71. The van der Waals surface area contributed by atoms with Crippen molar-refractivity contribution in [2.75, 3.05) is 39.5 Å². The molecule has 0 unspecified atom stereocenters. The maximum absolute atomic E-state index is 12.4. The SMILES string of the molecule is O=C(CN1CCN(Cc2nc3ccccc3s2)CC1)NCc1ccc2c(c1)OCO2. The van der Waals surface area contributed by atoms with Crippen LogP contribution in [0.1, 0.15) is 10.6 Å². The van der Waals surface area contributed by atoms with Gasteiger partial charge in [-0.25, -0.2) is 4.98 Å². The molecule has 0 radical (unpaired) electrons. The van der Waals surface area contributed by atoms with Crippen molar-refractivity contribution in [3.05, 3.63) is 53.0 Å². The molecule has 0 spiro atoms. The molecule has 3 aromatic rings. The van der Waals surface area contributed by atoms with Gasteiger partial charge in [0, 0.05) is 32.7 Å². The van der Waals surface area contributed by atoms with Crippen molar-refractivity contribution >= 4 is 27.5 Å². The predicted molar refractivity (Wildman–Crippen MR) is 116 cm³/mol. The zero-order valence-corrected chi connectivity index (χ0v) is 17.5. The Morgan fingerprint density at radius 3 is 2.70 bits per heavy atom. The monoisotopic (exact) mass is 424 g/mol. The molecule has 0 saturated carbocycles. The fourth-order valence-corrected chi connectivity index (χ4v) is 4.80. The average molecular weight is 425 g/mol. The molecule has 0 aliphatic carbocycles. The molecular weight excluding hydrogens is 400 g/mol. The number of aromatic nitrogens is 1. The van der Waals surface area contributed by atoms with Crippen LogP contribution in [0, 0.1) is 0 Å². The standard InChI is InChI=1S/C22H24N4O3S/c27-21(23-12-16-5-6-18-19(11-16)29-15-28-18)13-25-7-9-26(10-8-25)14-22-24-17-3-1-2-4-20(17)30-22/h1-6,11H,7-10,12-15H2,(H,23,27). The van der Waals surface area contributed by atoms with Gasteiger partial charge in [0.1, 0.15) is 5.01 Å². The van der Waals surface area contributed by atoms with E-state index >= 15 is 0 Å². The molecule has 0 bridgehead atoms. The van der Waals surface area contributed by atoms with Crippen LogP contribution in [0.2, 0.25) is 0 Å². The van der Waals surface area contributed by atoms with Gasteiger partial charge in [-0.3, -0.25) is 14.6 Å². The first-order chi connectivity index (χ1) is 14.7. The lowest BCUT2D eigenvalue weighted by atomic mass is 10.2. The lowest BCUT2D eigenvalue weighted by molar-refractivity contribution is -0.122. The van der Waals surface area contributed by atoms with Gasteiger partial charge in [-0.05, 0) is 29.8 Å². The van der Waals surface area contributed by atoms with Gasteiger partial charge in [0.05, 0.1) is 23.3 Å². The summed E-state index contributed by atoms with van der Waals surface area (Å²) in [6.07, 6.45) is 0. The molecule has 156 valence electrons. The Kier molecular flexibility index (Phi) is 5.52. The number of ether oxygens (including phenoxy) is 2. The fraction of sp³-hybridized carbons (Fsp3) is 0.364. The Bertz CT molecular complexity index is 1010. The molecule has 30 heavy (non-hydrogen) atoms. The van der Waals surface area contributed by atoms with Crippen LogP contribution in [0.15, 0.2) is 42.5 Å². The highest BCUT2D eigenvalue weighted by atomic mass is 32.1. The maximum Gasteiger partial charge on any atom is 0.234 e. The summed E-state index contributed by atoms with van der Waals surface area (Å²) in [5.74, 6) is 1.55. The first-order valence-corrected chi connectivity index (χ1v) is 11.0. The summed E-state index contributed by atoms with van der Waals surface area (Å²) in [6.45, 7) is 5.74. The molecule has 2 aromatic carbocycles. The van der Waals surface area contributed by atoms with E-state index < -0.39 is 0 Å². The molecule has 7 nitrogen and oxygen atoms in total. The molecular formula is C22H24N4O3S. The van der Waals surface area contributed by atoms with E-state index in [4.69, 9.17) is 14.5 Å². The molecule has 5 rings (SSSR count). The third-order valence-electron chi connectivity index (χ3n) is 5.46. The van der Waals surface area contributed by atoms with Crippen molar-refractivity contribution in [2.45, 2.75) is 13.1 Å². The van der Waals surface area contributed by atoms with Gasteiger partial charge in [0.15, 0.2) is 11.5 Å². The number of thiazole rings is 1. The Balaban J connectivity index is 1.06. The number of nitrogens with zero attached hydrogens (tertiary/aromatic N) is 3. The summed E-state index contributed by atoms with van der Waals surface area (Å²) in [4.78, 5) is 21.7. The first-order valence-electron chi connectivity index (χ1n) is 10.2. The zero-order valence-electron chi connectivity index (χ0n) is 16.7. The number of rotatable bonds is 6. The molecule has 8 heteroatoms. The molecule has 1 N–H and O–H groups in total. The highest BCUT2D eigenvalue weighted by molar-refractivity contribution is 7.18. The fourth-order valence-electron chi connectivity index (χ4n) is 3.79. The van der Waals surface area contributed by atoms with Gasteiger partial charge in [-0.1, -0.05) is 18.2 Å². The van der Waals surface area contributed by atoms with Crippen molar-refractivity contribution in [1.82, 2.24) is 20.1 Å². The summed E-state index contributed by atoms with van der Waals surface area (Å²) >= 11 is 1.77. The molecule has 2 aliphatic heterocycles. The van der Waals surface area contributed by atoms with Gasteiger partial charge in [-0.15, -0.1) is 11.3 Å². The number of para-hydroxylation sites is 1. The summed E-state index contributed by atoms with van der Waals surface area (Å²) in [5, 5.41) is 4.16. The largest absolute Gasteiger partial charge is 0.454 e.